The van der Waals surface area contributed by atoms with E-state index in [-0.39, 0.29) is 0 Å². The van der Waals surface area contributed by atoms with Crippen LogP contribution in [0.1, 0.15) is 60.8 Å². The Morgan fingerprint density at radius 2 is 2.00 bits per heavy atom. The SMILES string of the molecule is CCCCCCc1nnc(C(Br)CC)s1. The highest BCUT2D eigenvalue weighted by Crippen LogP contribution is 2.28. The number of hydrogen-bond acceptors (Lipinski definition) is 3. The van der Waals surface area contributed by atoms with E-state index in [9.17, 15) is 0 Å². The van der Waals surface area contributed by atoms with Crippen LogP contribution in [0.3, 0.4) is 0 Å². The van der Waals surface area contributed by atoms with Gasteiger partial charge in [0, 0.05) is 6.42 Å². The van der Waals surface area contributed by atoms with Crippen molar-refractivity contribution in [3.05, 3.63) is 10.0 Å². The number of alkyl halides is 1. The van der Waals surface area contributed by atoms with Crippen LogP contribution in [-0.2, 0) is 6.42 Å². The Morgan fingerprint density at radius 3 is 2.67 bits per heavy atom. The average Bonchev–Trinajstić information content (AvgIpc) is 2.72. The lowest BCUT2D eigenvalue weighted by molar-refractivity contribution is 0.662. The van der Waals surface area contributed by atoms with Gasteiger partial charge < -0.3 is 0 Å². The second kappa shape index (κ2) is 7.34. The normalized spacial score (nSPS) is 13.0. The minimum Gasteiger partial charge on any atom is -0.144 e. The number of aryl methyl sites for hydroxylation is 1. The number of rotatable bonds is 7. The molecule has 0 aliphatic carbocycles. The van der Waals surface area contributed by atoms with Crippen molar-refractivity contribution in [2.24, 2.45) is 0 Å². The molecule has 0 aliphatic heterocycles. The van der Waals surface area contributed by atoms with E-state index in [4.69, 9.17) is 0 Å². The van der Waals surface area contributed by atoms with Gasteiger partial charge in [-0.1, -0.05) is 49.0 Å². The molecule has 4 heteroatoms. The molecule has 1 aromatic heterocycles. The molecule has 1 aromatic rings. The first-order valence-corrected chi connectivity index (χ1v) is 7.47. The monoisotopic (exact) mass is 290 g/mol. The van der Waals surface area contributed by atoms with Gasteiger partial charge in [0.15, 0.2) is 0 Å². The van der Waals surface area contributed by atoms with Crippen LogP contribution in [0.15, 0.2) is 0 Å². The molecule has 1 unspecified atom stereocenters. The van der Waals surface area contributed by atoms with Crippen LogP contribution >= 0.6 is 27.3 Å². The maximum absolute atomic E-state index is 4.22. The molecule has 86 valence electrons. The molecule has 1 rings (SSSR count). The summed E-state index contributed by atoms with van der Waals surface area (Å²) in [7, 11) is 0. The van der Waals surface area contributed by atoms with Crippen molar-refractivity contribution in [2.45, 2.75) is 57.2 Å². The molecule has 15 heavy (non-hydrogen) atoms. The third-order valence-electron chi connectivity index (χ3n) is 2.35. The van der Waals surface area contributed by atoms with E-state index in [1.165, 1.54) is 30.7 Å². The molecule has 0 aromatic carbocycles. The first-order chi connectivity index (χ1) is 7.27. The lowest BCUT2D eigenvalue weighted by Gasteiger charge is -1.98. The minimum absolute atomic E-state index is 0.388. The summed E-state index contributed by atoms with van der Waals surface area (Å²) in [5.74, 6) is 0. The third-order valence-corrected chi connectivity index (χ3v) is 4.83. The van der Waals surface area contributed by atoms with Crippen molar-refractivity contribution >= 4 is 27.3 Å². The number of unbranched alkanes of at least 4 members (excludes halogenated alkanes) is 3. The Hall–Kier alpha value is 0.0400. The molecule has 0 bridgehead atoms. The fourth-order valence-corrected chi connectivity index (χ4v) is 2.69. The van der Waals surface area contributed by atoms with Crippen LogP contribution < -0.4 is 0 Å². The van der Waals surface area contributed by atoms with Gasteiger partial charge in [0.2, 0.25) is 0 Å². The average molecular weight is 291 g/mol. The summed E-state index contributed by atoms with van der Waals surface area (Å²) in [4.78, 5) is 0.388. The third kappa shape index (κ3) is 4.60. The summed E-state index contributed by atoms with van der Waals surface area (Å²) in [6, 6.07) is 0. The van der Waals surface area contributed by atoms with Gasteiger partial charge in [-0.2, -0.15) is 0 Å². The van der Waals surface area contributed by atoms with Crippen LogP contribution in [0.25, 0.3) is 0 Å². The molecule has 0 saturated heterocycles. The maximum atomic E-state index is 4.22. The largest absolute Gasteiger partial charge is 0.144 e. The molecule has 0 N–H and O–H groups in total. The number of nitrogens with zero attached hydrogens (tertiary/aromatic N) is 2. The van der Waals surface area contributed by atoms with E-state index in [0.29, 0.717) is 4.83 Å². The zero-order chi connectivity index (χ0) is 11.1. The maximum Gasteiger partial charge on any atom is 0.131 e. The molecule has 0 radical (unpaired) electrons. The van der Waals surface area contributed by atoms with E-state index < -0.39 is 0 Å². The number of halogens is 1. The van der Waals surface area contributed by atoms with E-state index in [0.717, 1.165) is 17.8 Å². The molecular formula is C11H19BrN2S. The summed E-state index contributed by atoms with van der Waals surface area (Å²) < 4.78 is 0. The Balaban J connectivity index is 2.33. The quantitative estimate of drug-likeness (QED) is 0.545. The van der Waals surface area contributed by atoms with Gasteiger partial charge in [0.1, 0.15) is 10.0 Å². The van der Waals surface area contributed by atoms with Crippen molar-refractivity contribution in [3.63, 3.8) is 0 Å². The lowest BCUT2D eigenvalue weighted by atomic mass is 10.2. The zero-order valence-corrected chi connectivity index (χ0v) is 11.9. The van der Waals surface area contributed by atoms with E-state index in [2.05, 4.69) is 40.0 Å². The van der Waals surface area contributed by atoms with Gasteiger partial charge in [0.25, 0.3) is 0 Å². The zero-order valence-electron chi connectivity index (χ0n) is 9.50. The van der Waals surface area contributed by atoms with Crippen molar-refractivity contribution in [1.82, 2.24) is 10.2 Å². The summed E-state index contributed by atoms with van der Waals surface area (Å²) in [6.45, 7) is 4.39. The summed E-state index contributed by atoms with van der Waals surface area (Å²) in [6.07, 6.45) is 7.37. The Kier molecular flexibility index (Phi) is 6.41. The van der Waals surface area contributed by atoms with Gasteiger partial charge in [-0.25, -0.2) is 0 Å². The van der Waals surface area contributed by atoms with Crippen LogP contribution in [-0.4, -0.2) is 10.2 Å². The topological polar surface area (TPSA) is 25.8 Å². The van der Waals surface area contributed by atoms with Crippen molar-refractivity contribution in [3.8, 4) is 0 Å². The predicted molar refractivity (Wildman–Crippen MR) is 69.7 cm³/mol. The molecule has 0 aliphatic rings. The summed E-state index contributed by atoms with van der Waals surface area (Å²) >= 11 is 5.35. The molecule has 1 atom stereocenters. The smallest absolute Gasteiger partial charge is 0.131 e. The Bertz CT molecular complexity index is 275. The standard InChI is InChI=1S/C11H19BrN2S/c1-3-5-6-7-8-10-13-14-11(15-10)9(12)4-2/h9H,3-8H2,1-2H3. The molecular weight excluding hydrogens is 272 g/mol. The molecule has 0 spiro atoms. The molecule has 0 saturated carbocycles. The van der Waals surface area contributed by atoms with Gasteiger partial charge >= 0.3 is 0 Å². The first kappa shape index (κ1) is 13.1. The second-order valence-corrected chi connectivity index (χ2v) is 5.92. The van der Waals surface area contributed by atoms with E-state index in [1.54, 1.807) is 11.3 Å². The highest BCUT2D eigenvalue weighted by atomic mass is 79.9. The summed E-state index contributed by atoms with van der Waals surface area (Å²) in [5, 5.41) is 10.8. The van der Waals surface area contributed by atoms with Crippen LogP contribution in [0.4, 0.5) is 0 Å². The first-order valence-electron chi connectivity index (χ1n) is 5.74. The van der Waals surface area contributed by atoms with Gasteiger partial charge in [-0.15, -0.1) is 21.5 Å². The van der Waals surface area contributed by atoms with E-state index >= 15 is 0 Å². The number of aromatic nitrogens is 2. The van der Waals surface area contributed by atoms with Crippen molar-refractivity contribution in [1.29, 1.82) is 0 Å². The van der Waals surface area contributed by atoms with Crippen LogP contribution in [0.2, 0.25) is 0 Å². The van der Waals surface area contributed by atoms with Crippen LogP contribution in [0, 0.1) is 0 Å². The molecule has 0 fully saturated rings. The van der Waals surface area contributed by atoms with Gasteiger partial charge in [-0.05, 0) is 12.8 Å². The Labute approximate surface area is 105 Å². The van der Waals surface area contributed by atoms with Gasteiger partial charge in [-0.3, -0.25) is 0 Å². The fourth-order valence-electron chi connectivity index (χ4n) is 1.37. The predicted octanol–water partition coefficient (Wildman–Crippen LogP) is 4.51. The Morgan fingerprint density at radius 1 is 1.20 bits per heavy atom. The molecule has 1 heterocycles. The molecule has 0 amide bonds. The van der Waals surface area contributed by atoms with Crippen LogP contribution in [0.5, 0.6) is 0 Å². The van der Waals surface area contributed by atoms with Crippen molar-refractivity contribution in [2.75, 3.05) is 0 Å². The highest BCUT2D eigenvalue weighted by Gasteiger charge is 2.10. The highest BCUT2D eigenvalue weighted by molar-refractivity contribution is 9.09. The minimum atomic E-state index is 0.388. The lowest BCUT2D eigenvalue weighted by Crippen LogP contribution is -1.85. The van der Waals surface area contributed by atoms with Crippen molar-refractivity contribution < 1.29 is 0 Å². The van der Waals surface area contributed by atoms with Gasteiger partial charge in [0.05, 0.1) is 4.83 Å². The number of hydrogen-bond donors (Lipinski definition) is 0. The fraction of sp³-hybridized carbons (Fsp3) is 0.818. The molecule has 2 nitrogen and oxygen atoms in total. The van der Waals surface area contributed by atoms with E-state index in [1.807, 2.05) is 0 Å². The second-order valence-electron chi connectivity index (χ2n) is 3.72. The summed E-state index contributed by atoms with van der Waals surface area (Å²) in [5.41, 5.74) is 0.